The van der Waals surface area contributed by atoms with Gasteiger partial charge in [-0.3, -0.25) is 4.79 Å². The molecule has 1 aromatic carbocycles. The lowest BCUT2D eigenvalue weighted by Crippen LogP contribution is -2.34. The Bertz CT molecular complexity index is 1000. The van der Waals surface area contributed by atoms with Crippen LogP contribution in [-0.4, -0.2) is 16.7 Å². The van der Waals surface area contributed by atoms with Crippen LogP contribution in [-0.2, 0) is 0 Å². The molecule has 0 saturated heterocycles. The lowest BCUT2D eigenvalue weighted by molar-refractivity contribution is -0.0716. The summed E-state index contributed by atoms with van der Waals surface area (Å²) < 4.78 is 12.1. The SMILES string of the molecule is Cc1nc(-c2ccsc2)sc1C(=O)Nc1ccc2c(c1)OC1(CCCC1)O2. The van der Waals surface area contributed by atoms with E-state index in [1.165, 1.54) is 11.3 Å². The zero-order chi connectivity index (χ0) is 18.4. The summed E-state index contributed by atoms with van der Waals surface area (Å²) >= 11 is 3.03. The zero-order valence-corrected chi connectivity index (χ0v) is 16.4. The molecule has 0 bridgehead atoms. The molecule has 5 nitrogen and oxygen atoms in total. The fourth-order valence-corrected chi connectivity index (χ4v) is 5.27. The van der Waals surface area contributed by atoms with Crippen molar-refractivity contribution < 1.29 is 14.3 Å². The lowest BCUT2D eigenvalue weighted by Gasteiger charge is -2.21. The van der Waals surface area contributed by atoms with Crippen LogP contribution in [0.25, 0.3) is 10.6 Å². The number of hydrogen-bond acceptors (Lipinski definition) is 6. The number of nitrogens with zero attached hydrogens (tertiary/aromatic N) is 1. The summed E-state index contributed by atoms with van der Waals surface area (Å²) in [4.78, 5) is 17.9. The molecule has 0 atom stereocenters. The van der Waals surface area contributed by atoms with Gasteiger partial charge >= 0.3 is 0 Å². The maximum Gasteiger partial charge on any atom is 0.267 e. The number of anilines is 1. The number of carbonyl (C=O) groups is 1. The van der Waals surface area contributed by atoms with E-state index < -0.39 is 5.79 Å². The fourth-order valence-electron chi connectivity index (χ4n) is 3.59. The first kappa shape index (κ1) is 16.8. The van der Waals surface area contributed by atoms with Crippen LogP contribution in [0.15, 0.2) is 35.0 Å². The molecule has 1 saturated carbocycles. The second-order valence-electron chi connectivity index (χ2n) is 6.88. The third kappa shape index (κ3) is 3.00. The number of thiazole rings is 1. The summed E-state index contributed by atoms with van der Waals surface area (Å²) in [7, 11) is 0. The summed E-state index contributed by atoms with van der Waals surface area (Å²) in [6, 6.07) is 7.58. The van der Waals surface area contributed by atoms with E-state index in [4.69, 9.17) is 9.47 Å². The Labute approximate surface area is 165 Å². The summed E-state index contributed by atoms with van der Waals surface area (Å²) in [5.74, 6) is 0.813. The Hall–Kier alpha value is -2.38. The highest BCUT2D eigenvalue weighted by atomic mass is 32.1. The molecule has 138 valence electrons. The molecular weight excluding hydrogens is 380 g/mol. The van der Waals surface area contributed by atoms with Gasteiger partial charge in [0, 0.05) is 35.5 Å². The summed E-state index contributed by atoms with van der Waals surface area (Å²) in [5, 5.41) is 7.88. The molecule has 2 aliphatic rings. The van der Waals surface area contributed by atoms with E-state index >= 15 is 0 Å². The highest BCUT2D eigenvalue weighted by Gasteiger charge is 2.44. The van der Waals surface area contributed by atoms with Gasteiger partial charge in [-0.05, 0) is 43.3 Å². The van der Waals surface area contributed by atoms with E-state index in [2.05, 4.69) is 10.3 Å². The van der Waals surface area contributed by atoms with Crippen LogP contribution in [0.2, 0.25) is 0 Å². The molecule has 5 rings (SSSR count). The molecule has 1 aliphatic carbocycles. The molecule has 7 heteroatoms. The van der Waals surface area contributed by atoms with Gasteiger partial charge in [-0.1, -0.05) is 0 Å². The quantitative estimate of drug-likeness (QED) is 0.635. The number of ether oxygens (including phenoxy) is 2. The van der Waals surface area contributed by atoms with Crippen molar-refractivity contribution in [3.05, 3.63) is 45.6 Å². The standard InChI is InChI=1S/C20H18N2O3S2/c1-12-17(27-19(21-12)13-6-9-26-11-13)18(23)22-14-4-5-15-16(10-14)25-20(24-15)7-2-3-8-20/h4-6,9-11H,2-3,7-8H2,1H3,(H,22,23). The van der Waals surface area contributed by atoms with E-state index in [0.717, 1.165) is 47.7 Å². The number of benzene rings is 1. The predicted octanol–water partition coefficient (Wildman–Crippen LogP) is 5.47. The van der Waals surface area contributed by atoms with Crippen LogP contribution in [0.4, 0.5) is 5.69 Å². The van der Waals surface area contributed by atoms with Crippen LogP contribution in [0.3, 0.4) is 0 Å². The molecule has 3 heterocycles. The first-order chi connectivity index (χ1) is 13.1. The molecule has 1 amide bonds. The van der Waals surface area contributed by atoms with Gasteiger partial charge in [0.1, 0.15) is 9.88 Å². The molecule has 27 heavy (non-hydrogen) atoms. The highest BCUT2D eigenvalue weighted by Crippen LogP contribution is 2.47. The van der Waals surface area contributed by atoms with E-state index in [-0.39, 0.29) is 5.91 Å². The zero-order valence-electron chi connectivity index (χ0n) is 14.8. The van der Waals surface area contributed by atoms with Gasteiger partial charge < -0.3 is 14.8 Å². The molecule has 1 aliphatic heterocycles. The molecule has 1 spiro atoms. The van der Waals surface area contributed by atoms with Gasteiger partial charge in [-0.15, -0.1) is 11.3 Å². The normalized spacial score (nSPS) is 16.8. The highest BCUT2D eigenvalue weighted by molar-refractivity contribution is 7.17. The maximum absolute atomic E-state index is 12.8. The topological polar surface area (TPSA) is 60.5 Å². The average molecular weight is 399 g/mol. The van der Waals surface area contributed by atoms with Crippen molar-refractivity contribution in [1.82, 2.24) is 4.98 Å². The van der Waals surface area contributed by atoms with Crippen molar-refractivity contribution in [3.63, 3.8) is 0 Å². The third-order valence-corrected chi connectivity index (χ3v) is 6.82. The van der Waals surface area contributed by atoms with E-state index in [0.29, 0.717) is 16.3 Å². The monoisotopic (exact) mass is 398 g/mol. The smallest absolute Gasteiger partial charge is 0.267 e. The van der Waals surface area contributed by atoms with Gasteiger partial charge in [0.2, 0.25) is 0 Å². The Balaban J connectivity index is 1.35. The van der Waals surface area contributed by atoms with Crippen LogP contribution in [0.5, 0.6) is 11.5 Å². The average Bonchev–Trinajstić information content (AvgIpc) is 3.41. The van der Waals surface area contributed by atoms with Crippen LogP contribution in [0.1, 0.15) is 41.0 Å². The van der Waals surface area contributed by atoms with Gasteiger partial charge in [-0.2, -0.15) is 11.3 Å². The first-order valence-electron chi connectivity index (χ1n) is 8.95. The molecule has 0 radical (unpaired) electrons. The number of thiophene rings is 1. The maximum atomic E-state index is 12.8. The minimum Gasteiger partial charge on any atom is -0.448 e. The van der Waals surface area contributed by atoms with Crippen molar-refractivity contribution in [3.8, 4) is 22.1 Å². The van der Waals surface area contributed by atoms with Crippen molar-refractivity contribution in [2.75, 3.05) is 5.32 Å². The van der Waals surface area contributed by atoms with Gasteiger partial charge in [0.05, 0.1) is 5.69 Å². The molecule has 0 unspecified atom stereocenters. The first-order valence-corrected chi connectivity index (χ1v) is 10.7. The second-order valence-corrected chi connectivity index (χ2v) is 8.66. The minimum absolute atomic E-state index is 0.152. The Morgan fingerprint density at radius 1 is 1.19 bits per heavy atom. The van der Waals surface area contributed by atoms with E-state index in [9.17, 15) is 4.79 Å². The third-order valence-electron chi connectivity index (χ3n) is 4.93. The van der Waals surface area contributed by atoms with Gasteiger partial charge in [0.25, 0.3) is 11.7 Å². The predicted molar refractivity (Wildman–Crippen MR) is 107 cm³/mol. The number of aryl methyl sites for hydroxylation is 1. The van der Waals surface area contributed by atoms with E-state index in [1.54, 1.807) is 11.3 Å². The summed E-state index contributed by atoms with van der Waals surface area (Å²) in [6.45, 7) is 1.87. The van der Waals surface area contributed by atoms with Crippen LogP contribution >= 0.6 is 22.7 Å². The number of amides is 1. The number of nitrogens with one attached hydrogen (secondary N) is 1. The number of fused-ring (bicyclic) bond motifs is 1. The van der Waals surface area contributed by atoms with Crippen molar-refractivity contribution >= 4 is 34.3 Å². The van der Waals surface area contributed by atoms with Crippen LogP contribution in [0, 0.1) is 6.92 Å². The number of rotatable bonds is 3. The molecular formula is C20H18N2O3S2. The Kier molecular flexibility index (Phi) is 3.94. The molecule has 3 aromatic rings. The lowest BCUT2D eigenvalue weighted by atomic mass is 10.2. The number of carbonyl (C=O) groups excluding carboxylic acids is 1. The van der Waals surface area contributed by atoms with Crippen molar-refractivity contribution in [2.45, 2.75) is 38.4 Å². The molecule has 1 fully saturated rings. The number of hydrogen-bond donors (Lipinski definition) is 1. The molecule has 1 N–H and O–H groups in total. The van der Waals surface area contributed by atoms with Gasteiger partial charge in [-0.25, -0.2) is 4.98 Å². The van der Waals surface area contributed by atoms with E-state index in [1.807, 2.05) is 41.9 Å². The van der Waals surface area contributed by atoms with Crippen molar-refractivity contribution in [2.24, 2.45) is 0 Å². The Morgan fingerprint density at radius 3 is 2.78 bits per heavy atom. The molecule has 2 aromatic heterocycles. The number of aromatic nitrogens is 1. The summed E-state index contributed by atoms with van der Waals surface area (Å²) in [5.41, 5.74) is 2.49. The summed E-state index contributed by atoms with van der Waals surface area (Å²) in [6.07, 6.45) is 4.06. The minimum atomic E-state index is -0.491. The fraction of sp³-hybridized carbons (Fsp3) is 0.300. The Morgan fingerprint density at radius 2 is 2.00 bits per heavy atom. The van der Waals surface area contributed by atoms with Crippen LogP contribution < -0.4 is 14.8 Å². The largest absolute Gasteiger partial charge is 0.448 e. The van der Waals surface area contributed by atoms with Crippen molar-refractivity contribution in [1.29, 1.82) is 0 Å². The van der Waals surface area contributed by atoms with Gasteiger partial charge in [0.15, 0.2) is 11.5 Å². The second kappa shape index (κ2) is 6.35.